The van der Waals surface area contributed by atoms with Gasteiger partial charge < -0.3 is 14.2 Å². The van der Waals surface area contributed by atoms with E-state index in [1.54, 1.807) is 13.8 Å². The quantitative estimate of drug-likeness (QED) is 0.238. The fraction of sp³-hybridized carbons (Fsp3) is 0.812. The van der Waals surface area contributed by atoms with Gasteiger partial charge in [-0.2, -0.15) is 0 Å². The molecule has 6 heteroatoms. The zero-order valence-corrected chi connectivity index (χ0v) is 13.9. The molecule has 6 nitrogen and oxygen atoms in total. The first-order chi connectivity index (χ1) is 10.6. The Hall–Kier alpha value is -1.59. The summed E-state index contributed by atoms with van der Waals surface area (Å²) < 4.78 is 14.7. The molecule has 0 N–H and O–H groups in total. The lowest BCUT2D eigenvalue weighted by Gasteiger charge is -2.13. The molecule has 0 amide bonds. The Labute approximate surface area is 132 Å². The van der Waals surface area contributed by atoms with Gasteiger partial charge in [-0.05, 0) is 26.7 Å². The van der Waals surface area contributed by atoms with E-state index in [1.165, 1.54) is 0 Å². The van der Waals surface area contributed by atoms with Crippen LogP contribution in [0.1, 0.15) is 59.3 Å². The summed E-state index contributed by atoms with van der Waals surface area (Å²) in [6.45, 7) is 6.15. The van der Waals surface area contributed by atoms with E-state index in [2.05, 4.69) is 6.92 Å². The maximum atomic E-state index is 11.7. The van der Waals surface area contributed by atoms with Crippen molar-refractivity contribution in [2.45, 2.75) is 59.3 Å². The number of rotatable bonds is 12. The highest BCUT2D eigenvalue weighted by Gasteiger charge is 2.30. The lowest BCUT2D eigenvalue weighted by molar-refractivity contribution is -0.162. The second-order valence-corrected chi connectivity index (χ2v) is 4.88. The Morgan fingerprint density at radius 1 is 0.818 bits per heavy atom. The third kappa shape index (κ3) is 9.37. The van der Waals surface area contributed by atoms with Crippen molar-refractivity contribution >= 4 is 17.9 Å². The van der Waals surface area contributed by atoms with Gasteiger partial charge in [0.2, 0.25) is 0 Å². The van der Waals surface area contributed by atoms with Crippen LogP contribution in [0.2, 0.25) is 0 Å². The Bertz CT molecular complexity index is 322. The molecule has 0 aliphatic rings. The molecule has 0 radical (unpaired) electrons. The normalized spacial score (nSPS) is 10.4. The van der Waals surface area contributed by atoms with Gasteiger partial charge in [0.15, 0.2) is 5.92 Å². The molecule has 0 heterocycles. The van der Waals surface area contributed by atoms with Crippen LogP contribution in [0.15, 0.2) is 0 Å². The van der Waals surface area contributed by atoms with Crippen molar-refractivity contribution in [1.29, 1.82) is 0 Å². The molecule has 0 aromatic heterocycles. The molecule has 0 rings (SSSR count). The van der Waals surface area contributed by atoms with Gasteiger partial charge in [0.25, 0.3) is 0 Å². The molecule has 0 aliphatic carbocycles. The summed E-state index contributed by atoms with van der Waals surface area (Å²) >= 11 is 0. The molecule has 0 unspecified atom stereocenters. The van der Waals surface area contributed by atoms with Gasteiger partial charge >= 0.3 is 17.9 Å². The fourth-order valence-electron chi connectivity index (χ4n) is 1.87. The standard InChI is InChI=1S/C16H28O6/c1-4-7-8-9-12-22-14(17)11-10-13(15(18)20-5-2)16(19)21-6-3/h13H,4-12H2,1-3H3. The second kappa shape index (κ2) is 13.1. The topological polar surface area (TPSA) is 78.9 Å². The summed E-state index contributed by atoms with van der Waals surface area (Å²) in [6.07, 6.45) is 4.14. The molecular formula is C16H28O6. The summed E-state index contributed by atoms with van der Waals surface area (Å²) in [6, 6.07) is 0. The number of carbonyl (C=O) groups excluding carboxylic acids is 3. The van der Waals surface area contributed by atoms with Crippen molar-refractivity contribution in [1.82, 2.24) is 0 Å². The number of hydrogen-bond donors (Lipinski definition) is 0. The Morgan fingerprint density at radius 3 is 1.91 bits per heavy atom. The van der Waals surface area contributed by atoms with Gasteiger partial charge in [-0.3, -0.25) is 14.4 Å². The van der Waals surface area contributed by atoms with E-state index >= 15 is 0 Å². The molecule has 128 valence electrons. The van der Waals surface area contributed by atoms with Gasteiger partial charge in [-0.1, -0.05) is 26.2 Å². The molecule has 0 bridgehead atoms. The van der Waals surface area contributed by atoms with E-state index in [0.717, 1.165) is 25.7 Å². The molecule has 0 spiro atoms. The molecule has 0 saturated carbocycles. The van der Waals surface area contributed by atoms with Crippen molar-refractivity contribution in [3.63, 3.8) is 0 Å². The second-order valence-electron chi connectivity index (χ2n) is 4.88. The van der Waals surface area contributed by atoms with Gasteiger partial charge in [0.05, 0.1) is 19.8 Å². The molecule has 0 aromatic rings. The molecule has 0 atom stereocenters. The van der Waals surface area contributed by atoms with Crippen molar-refractivity contribution in [2.24, 2.45) is 5.92 Å². The zero-order chi connectivity index (χ0) is 16.8. The van der Waals surface area contributed by atoms with E-state index < -0.39 is 23.8 Å². The fourth-order valence-corrected chi connectivity index (χ4v) is 1.87. The van der Waals surface area contributed by atoms with Gasteiger partial charge in [0, 0.05) is 6.42 Å². The maximum Gasteiger partial charge on any atom is 0.320 e. The number of carbonyl (C=O) groups is 3. The van der Waals surface area contributed by atoms with Crippen LogP contribution in [-0.4, -0.2) is 37.7 Å². The predicted molar refractivity (Wildman–Crippen MR) is 81.1 cm³/mol. The lowest BCUT2D eigenvalue weighted by Crippen LogP contribution is -2.29. The lowest BCUT2D eigenvalue weighted by atomic mass is 10.0. The summed E-state index contributed by atoms with van der Waals surface area (Å²) in [5.74, 6) is -2.78. The van der Waals surface area contributed by atoms with Crippen molar-refractivity contribution in [3.05, 3.63) is 0 Å². The van der Waals surface area contributed by atoms with Crippen molar-refractivity contribution < 1.29 is 28.6 Å². The number of unbranched alkanes of at least 4 members (excludes halogenated alkanes) is 3. The van der Waals surface area contributed by atoms with E-state index in [1.807, 2.05) is 0 Å². The zero-order valence-electron chi connectivity index (χ0n) is 13.9. The van der Waals surface area contributed by atoms with Crippen LogP contribution < -0.4 is 0 Å². The van der Waals surface area contributed by atoms with Crippen LogP contribution in [-0.2, 0) is 28.6 Å². The van der Waals surface area contributed by atoms with E-state index in [0.29, 0.717) is 6.61 Å². The Kier molecular flexibility index (Phi) is 12.2. The van der Waals surface area contributed by atoms with Crippen molar-refractivity contribution in [3.8, 4) is 0 Å². The van der Waals surface area contributed by atoms with Crippen LogP contribution >= 0.6 is 0 Å². The third-order valence-electron chi connectivity index (χ3n) is 3.04. The molecule has 0 aliphatic heterocycles. The molecular weight excluding hydrogens is 288 g/mol. The summed E-state index contributed by atoms with van der Waals surface area (Å²) in [4.78, 5) is 35.1. The highest BCUT2D eigenvalue weighted by atomic mass is 16.6. The van der Waals surface area contributed by atoms with E-state index in [4.69, 9.17) is 14.2 Å². The van der Waals surface area contributed by atoms with Crippen molar-refractivity contribution in [2.75, 3.05) is 19.8 Å². The van der Waals surface area contributed by atoms with Crippen LogP contribution in [0.4, 0.5) is 0 Å². The number of esters is 3. The van der Waals surface area contributed by atoms with Crippen LogP contribution in [0.5, 0.6) is 0 Å². The molecule has 0 aromatic carbocycles. The number of hydrogen-bond acceptors (Lipinski definition) is 6. The Morgan fingerprint density at radius 2 is 1.41 bits per heavy atom. The smallest absolute Gasteiger partial charge is 0.320 e. The highest BCUT2D eigenvalue weighted by molar-refractivity contribution is 5.95. The maximum absolute atomic E-state index is 11.7. The Balaban J connectivity index is 4.17. The third-order valence-corrected chi connectivity index (χ3v) is 3.04. The monoisotopic (exact) mass is 316 g/mol. The average molecular weight is 316 g/mol. The first kappa shape index (κ1) is 20.4. The summed E-state index contributed by atoms with van der Waals surface area (Å²) in [7, 11) is 0. The minimum absolute atomic E-state index is 0.00390. The average Bonchev–Trinajstić information content (AvgIpc) is 2.47. The summed E-state index contributed by atoms with van der Waals surface area (Å²) in [5, 5.41) is 0. The summed E-state index contributed by atoms with van der Waals surface area (Å²) in [5.41, 5.74) is 0. The molecule has 22 heavy (non-hydrogen) atoms. The van der Waals surface area contributed by atoms with Crippen LogP contribution in [0.3, 0.4) is 0 Å². The predicted octanol–water partition coefficient (Wildman–Crippen LogP) is 2.63. The molecule has 0 fully saturated rings. The number of ether oxygens (including phenoxy) is 3. The first-order valence-electron chi connectivity index (χ1n) is 8.05. The van der Waals surface area contributed by atoms with E-state index in [-0.39, 0.29) is 26.1 Å². The first-order valence-corrected chi connectivity index (χ1v) is 8.05. The molecule has 0 saturated heterocycles. The van der Waals surface area contributed by atoms with Gasteiger partial charge in [-0.15, -0.1) is 0 Å². The van der Waals surface area contributed by atoms with E-state index in [9.17, 15) is 14.4 Å². The highest BCUT2D eigenvalue weighted by Crippen LogP contribution is 2.13. The van der Waals surface area contributed by atoms with Crippen LogP contribution in [0.25, 0.3) is 0 Å². The minimum Gasteiger partial charge on any atom is -0.466 e. The van der Waals surface area contributed by atoms with Gasteiger partial charge in [0.1, 0.15) is 0 Å². The van der Waals surface area contributed by atoms with Crippen LogP contribution in [0, 0.1) is 5.92 Å². The van der Waals surface area contributed by atoms with Gasteiger partial charge in [-0.25, -0.2) is 0 Å². The largest absolute Gasteiger partial charge is 0.466 e. The minimum atomic E-state index is -1.06. The SMILES string of the molecule is CCCCCCOC(=O)CCC(C(=O)OCC)C(=O)OCC.